The first-order chi connectivity index (χ1) is 9.03. The molecule has 0 amide bonds. The van der Waals surface area contributed by atoms with E-state index in [2.05, 4.69) is 9.71 Å². The number of nitrogens with one attached hydrogen (secondary N) is 1. The van der Waals surface area contributed by atoms with E-state index < -0.39 is 10.0 Å². The van der Waals surface area contributed by atoms with Crippen molar-refractivity contribution in [3.8, 4) is 0 Å². The van der Waals surface area contributed by atoms with Crippen LogP contribution >= 0.6 is 22.7 Å². The van der Waals surface area contributed by atoms with Crippen molar-refractivity contribution < 1.29 is 13.5 Å². The van der Waals surface area contributed by atoms with Crippen LogP contribution in [0.4, 0.5) is 0 Å². The average Bonchev–Trinajstić information content (AvgIpc) is 2.98. The zero-order chi connectivity index (χ0) is 13.9. The summed E-state index contributed by atoms with van der Waals surface area (Å²) >= 11 is 2.59. The third-order valence-corrected chi connectivity index (χ3v) is 6.35. The lowest BCUT2D eigenvalue weighted by Gasteiger charge is -2.03. The van der Waals surface area contributed by atoms with E-state index >= 15 is 0 Å². The molecule has 2 N–H and O–H groups in total. The van der Waals surface area contributed by atoms with E-state index in [0.29, 0.717) is 17.8 Å². The molecule has 0 radical (unpaired) electrons. The number of nitrogens with zero attached hydrogens (tertiary/aromatic N) is 1. The van der Waals surface area contributed by atoms with Gasteiger partial charge in [-0.25, -0.2) is 18.1 Å². The Morgan fingerprint density at radius 1 is 1.47 bits per heavy atom. The van der Waals surface area contributed by atoms with Gasteiger partial charge in [0, 0.05) is 23.2 Å². The van der Waals surface area contributed by atoms with E-state index in [1.165, 1.54) is 11.3 Å². The number of rotatable bonds is 6. The Bertz CT molecular complexity index is 632. The van der Waals surface area contributed by atoms with E-state index in [1.807, 2.05) is 5.38 Å². The maximum Gasteiger partial charge on any atom is 0.250 e. The quantitative estimate of drug-likeness (QED) is 0.846. The van der Waals surface area contributed by atoms with E-state index in [9.17, 15) is 8.42 Å². The van der Waals surface area contributed by atoms with Crippen LogP contribution in [0.2, 0.25) is 0 Å². The fourth-order valence-corrected chi connectivity index (χ4v) is 4.64. The Labute approximate surface area is 120 Å². The second-order valence-electron chi connectivity index (χ2n) is 3.96. The predicted octanol–water partition coefficient (Wildman–Crippen LogP) is 1.53. The average molecular weight is 318 g/mol. The van der Waals surface area contributed by atoms with Crippen LogP contribution in [-0.4, -0.2) is 25.1 Å². The highest BCUT2D eigenvalue weighted by Crippen LogP contribution is 2.25. The zero-order valence-electron chi connectivity index (χ0n) is 10.3. The van der Waals surface area contributed by atoms with Gasteiger partial charge < -0.3 is 5.11 Å². The highest BCUT2D eigenvalue weighted by Gasteiger charge is 2.18. The van der Waals surface area contributed by atoms with Gasteiger partial charge in [-0.2, -0.15) is 0 Å². The Balaban J connectivity index is 2.01. The molecule has 0 bridgehead atoms. The van der Waals surface area contributed by atoms with Crippen LogP contribution in [0.5, 0.6) is 0 Å². The molecule has 0 atom stereocenters. The van der Waals surface area contributed by atoms with Crippen LogP contribution in [0.15, 0.2) is 21.2 Å². The Kier molecular flexibility index (Phi) is 4.69. The summed E-state index contributed by atoms with van der Waals surface area (Å²) in [6.07, 6.45) is 0.569. The number of hydrogen-bond acceptors (Lipinski definition) is 6. The molecule has 2 aromatic rings. The van der Waals surface area contributed by atoms with Gasteiger partial charge in [0.1, 0.15) is 4.21 Å². The van der Waals surface area contributed by atoms with Gasteiger partial charge in [0.2, 0.25) is 10.0 Å². The predicted molar refractivity (Wildman–Crippen MR) is 76.0 cm³/mol. The fraction of sp³-hybridized carbons (Fsp3) is 0.364. The minimum atomic E-state index is -3.49. The molecule has 19 heavy (non-hydrogen) atoms. The molecule has 0 unspecified atom stereocenters. The highest BCUT2D eigenvalue weighted by atomic mass is 32.2. The molecular formula is C11H14N2O3S3. The van der Waals surface area contributed by atoms with Gasteiger partial charge >= 0.3 is 0 Å². The van der Waals surface area contributed by atoms with E-state index in [-0.39, 0.29) is 10.8 Å². The molecular weight excluding hydrogens is 304 g/mol. The van der Waals surface area contributed by atoms with Gasteiger partial charge in [-0.3, -0.25) is 0 Å². The summed E-state index contributed by atoms with van der Waals surface area (Å²) in [5.41, 5.74) is 3.40. The largest absolute Gasteiger partial charge is 0.391 e. The molecule has 2 heterocycles. The molecule has 2 rings (SSSR count). The Hall–Kier alpha value is -0.800. The lowest BCUT2D eigenvalue weighted by molar-refractivity contribution is 0.285. The third-order valence-electron chi connectivity index (χ3n) is 2.56. The molecule has 0 fully saturated rings. The molecule has 0 saturated heterocycles. The van der Waals surface area contributed by atoms with Crippen LogP contribution in [0.25, 0.3) is 0 Å². The van der Waals surface area contributed by atoms with Gasteiger partial charge in [-0.05, 0) is 18.6 Å². The Morgan fingerprint density at radius 3 is 2.84 bits per heavy atom. The molecule has 8 heteroatoms. The van der Waals surface area contributed by atoms with Crippen molar-refractivity contribution in [2.45, 2.75) is 24.2 Å². The van der Waals surface area contributed by atoms with Crippen molar-refractivity contribution in [3.05, 3.63) is 33.1 Å². The summed E-state index contributed by atoms with van der Waals surface area (Å²) in [5.74, 6) is 0. The number of hydrogen-bond donors (Lipinski definition) is 2. The zero-order valence-corrected chi connectivity index (χ0v) is 12.7. The summed E-state index contributed by atoms with van der Waals surface area (Å²) < 4.78 is 26.9. The number of sulfonamides is 1. The van der Waals surface area contributed by atoms with E-state index in [1.54, 1.807) is 18.5 Å². The molecule has 0 aliphatic carbocycles. The van der Waals surface area contributed by atoms with Crippen LogP contribution in [0.3, 0.4) is 0 Å². The second-order valence-corrected chi connectivity index (χ2v) is 7.81. The third kappa shape index (κ3) is 3.61. The first-order valence-electron chi connectivity index (χ1n) is 5.60. The van der Waals surface area contributed by atoms with Crippen LogP contribution in [0.1, 0.15) is 16.1 Å². The molecule has 2 aromatic heterocycles. The summed E-state index contributed by atoms with van der Waals surface area (Å²) in [5, 5.41) is 11.0. The molecule has 0 aliphatic heterocycles. The maximum atomic E-state index is 12.0. The Morgan fingerprint density at radius 2 is 2.26 bits per heavy atom. The van der Waals surface area contributed by atoms with Crippen molar-refractivity contribution in [1.29, 1.82) is 0 Å². The van der Waals surface area contributed by atoms with Crippen molar-refractivity contribution in [3.63, 3.8) is 0 Å². The normalized spacial score (nSPS) is 11.9. The maximum absolute atomic E-state index is 12.0. The number of thiophene rings is 1. The van der Waals surface area contributed by atoms with Gasteiger partial charge in [0.15, 0.2) is 0 Å². The molecule has 0 spiro atoms. The van der Waals surface area contributed by atoms with Crippen LogP contribution in [-0.2, 0) is 23.1 Å². The fourth-order valence-electron chi connectivity index (χ4n) is 1.52. The number of aliphatic hydroxyl groups is 1. The first kappa shape index (κ1) is 14.6. The minimum Gasteiger partial charge on any atom is -0.391 e. The SMILES string of the molecule is Cc1cc(S(=O)(=O)NCCc2cscn2)sc1CO. The van der Waals surface area contributed by atoms with E-state index in [0.717, 1.165) is 22.6 Å². The first-order valence-corrected chi connectivity index (χ1v) is 8.84. The van der Waals surface area contributed by atoms with Crippen LogP contribution < -0.4 is 4.72 Å². The summed E-state index contributed by atoms with van der Waals surface area (Å²) in [4.78, 5) is 4.77. The van der Waals surface area contributed by atoms with Gasteiger partial charge in [0.05, 0.1) is 17.8 Å². The lowest BCUT2D eigenvalue weighted by atomic mass is 10.3. The van der Waals surface area contributed by atoms with Gasteiger partial charge in [-0.15, -0.1) is 22.7 Å². The standard InChI is InChI=1S/C11H14N2O3S3/c1-8-4-11(18-10(8)5-14)19(15,16)13-3-2-9-6-17-7-12-9/h4,6-7,13-14H,2-3,5H2,1H3. The van der Waals surface area contributed by atoms with Gasteiger partial charge in [-0.1, -0.05) is 0 Å². The second kappa shape index (κ2) is 6.10. The van der Waals surface area contributed by atoms with Crippen molar-refractivity contribution >= 4 is 32.7 Å². The number of aliphatic hydroxyl groups excluding tert-OH is 1. The number of aromatic nitrogens is 1. The smallest absolute Gasteiger partial charge is 0.250 e. The molecule has 5 nitrogen and oxygen atoms in total. The van der Waals surface area contributed by atoms with E-state index in [4.69, 9.17) is 5.11 Å². The van der Waals surface area contributed by atoms with Crippen molar-refractivity contribution in [2.75, 3.05) is 6.54 Å². The molecule has 0 aromatic carbocycles. The molecule has 0 saturated carbocycles. The number of thiazole rings is 1. The van der Waals surface area contributed by atoms with Crippen molar-refractivity contribution in [2.24, 2.45) is 0 Å². The van der Waals surface area contributed by atoms with Crippen LogP contribution in [0, 0.1) is 6.92 Å². The lowest BCUT2D eigenvalue weighted by Crippen LogP contribution is -2.25. The summed E-state index contributed by atoms with van der Waals surface area (Å²) in [6, 6.07) is 1.58. The van der Waals surface area contributed by atoms with Crippen molar-refractivity contribution in [1.82, 2.24) is 9.71 Å². The molecule has 104 valence electrons. The molecule has 0 aliphatic rings. The topological polar surface area (TPSA) is 79.3 Å². The minimum absolute atomic E-state index is 0.134. The monoisotopic (exact) mass is 318 g/mol. The van der Waals surface area contributed by atoms with Gasteiger partial charge in [0.25, 0.3) is 0 Å². The number of aryl methyl sites for hydroxylation is 1. The summed E-state index contributed by atoms with van der Waals surface area (Å²) in [6.45, 7) is 1.97. The highest BCUT2D eigenvalue weighted by molar-refractivity contribution is 7.91. The summed E-state index contributed by atoms with van der Waals surface area (Å²) in [7, 11) is -3.49.